The van der Waals surface area contributed by atoms with Gasteiger partial charge in [0, 0.05) is 0 Å². The van der Waals surface area contributed by atoms with Gasteiger partial charge in [0.2, 0.25) is 0 Å². The van der Waals surface area contributed by atoms with Crippen LogP contribution in [-0.4, -0.2) is 21.8 Å². The normalized spacial score (nSPS) is 10.2. The first-order chi connectivity index (χ1) is 5.83. The molecule has 0 N–H and O–H groups in total. The van der Waals surface area contributed by atoms with Gasteiger partial charge in [-0.15, -0.1) is 0 Å². The van der Waals surface area contributed by atoms with Crippen molar-refractivity contribution in [1.29, 1.82) is 0 Å². The summed E-state index contributed by atoms with van der Waals surface area (Å²) < 4.78 is 1.68. The van der Waals surface area contributed by atoms with Crippen LogP contribution in [0.4, 0.5) is 0 Å². The summed E-state index contributed by atoms with van der Waals surface area (Å²) in [5, 5.41) is 0. The van der Waals surface area contributed by atoms with Gasteiger partial charge in [0.15, 0.2) is 0 Å². The molecular formula is C10H13BrPb. The standard InChI is InChI=1S/C10H13.BrH.Pb/c1-3-9-6-5-7-10(4-2)8-9;;/h5-7H,3-4H2,1-2H3;1H;/q;;+1/p-1. The number of hydrogen-bond acceptors (Lipinski definition) is 0. The van der Waals surface area contributed by atoms with Crippen LogP contribution in [0.2, 0.25) is 0 Å². The molecule has 0 aromatic heterocycles. The molecule has 1 rings (SSSR count). The fourth-order valence-electron chi connectivity index (χ4n) is 1.36. The summed E-state index contributed by atoms with van der Waals surface area (Å²) in [6.07, 6.45) is 2.36. The van der Waals surface area contributed by atoms with Crippen LogP contribution in [0.25, 0.3) is 0 Å². The van der Waals surface area contributed by atoms with Crippen molar-refractivity contribution >= 4 is 36.9 Å². The van der Waals surface area contributed by atoms with Crippen molar-refractivity contribution in [1.82, 2.24) is 0 Å². The van der Waals surface area contributed by atoms with Crippen LogP contribution in [-0.2, 0) is 12.8 Å². The van der Waals surface area contributed by atoms with E-state index < -0.39 is 21.8 Å². The molecule has 2 radical (unpaired) electrons. The summed E-state index contributed by atoms with van der Waals surface area (Å²) >= 11 is 3.09. The number of rotatable bonds is 3. The van der Waals surface area contributed by atoms with E-state index in [0.717, 1.165) is 0 Å². The van der Waals surface area contributed by atoms with Crippen molar-refractivity contribution in [2.75, 3.05) is 0 Å². The van der Waals surface area contributed by atoms with Crippen molar-refractivity contribution < 1.29 is 0 Å². The Balaban J connectivity index is 3.13. The molecule has 0 fully saturated rings. The van der Waals surface area contributed by atoms with Gasteiger partial charge in [-0.05, 0) is 0 Å². The summed E-state index contributed by atoms with van der Waals surface area (Å²) in [6.45, 7) is 4.48. The first-order valence-electron chi connectivity index (χ1n) is 4.30. The van der Waals surface area contributed by atoms with E-state index in [1.807, 2.05) is 0 Å². The van der Waals surface area contributed by atoms with E-state index in [1.165, 1.54) is 12.8 Å². The van der Waals surface area contributed by atoms with Gasteiger partial charge in [0.1, 0.15) is 0 Å². The SMILES string of the molecule is CCc1cccc(CC)[c]1[Pb][Br]. The Kier molecular flexibility index (Phi) is 4.79. The molecule has 1 aromatic carbocycles. The molecule has 0 atom stereocenters. The Hall–Kier alpha value is 0.622. The van der Waals surface area contributed by atoms with Crippen LogP contribution < -0.4 is 3.12 Å². The third kappa shape index (κ3) is 2.31. The van der Waals surface area contributed by atoms with Gasteiger partial charge in [-0.1, -0.05) is 0 Å². The Labute approximate surface area is 92.3 Å². The van der Waals surface area contributed by atoms with Crippen LogP contribution in [0.5, 0.6) is 0 Å². The van der Waals surface area contributed by atoms with Crippen LogP contribution in [0.1, 0.15) is 25.0 Å². The molecule has 0 aliphatic rings. The molecule has 64 valence electrons. The predicted molar refractivity (Wildman–Crippen MR) is 59.5 cm³/mol. The Morgan fingerprint density at radius 3 is 2.00 bits per heavy atom. The number of halogens is 1. The monoisotopic (exact) mass is 420 g/mol. The molecule has 0 amide bonds. The van der Waals surface area contributed by atoms with Crippen molar-refractivity contribution in [3.8, 4) is 0 Å². The number of aryl methyl sites for hydroxylation is 2. The van der Waals surface area contributed by atoms with Crippen LogP contribution >= 0.6 is 12.0 Å². The molecule has 0 saturated carbocycles. The Morgan fingerprint density at radius 2 is 1.67 bits per heavy atom. The third-order valence-electron chi connectivity index (χ3n) is 2.09. The van der Waals surface area contributed by atoms with E-state index in [-0.39, 0.29) is 0 Å². The Morgan fingerprint density at radius 1 is 1.17 bits per heavy atom. The second-order valence-corrected chi connectivity index (χ2v) is 8.91. The summed E-state index contributed by atoms with van der Waals surface area (Å²) in [4.78, 5) is 0. The quantitative estimate of drug-likeness (QED) is 0.660. The van der Waals surface area contributed by atoms with Crippen molar-refractivity contribution in [3.05, 3.63) is 29.3 Å². The molecule has 1 aromatic rings. The molecule has 0 nitrogen and oxygen atoms in total. The summed E-state index contributed by atoms with van der Waals surface area (Å²) in [5.74, 6) is 0. The van der Waals surface area contributed by atoms with Gasteiger partial charge < -0.3 is 0 Å². The molecule has 2 heteroatoms. The fourth-order valence-corrected chi connectivity index (χ4v) is 8.80. The average molecular weight is 420 g/mol. The van der Waals surface area contributed by atoms with Crippen molar-refractivity contribution in [2.45, 2.75) is 26.7 Å². The summed E-state index contributed by atoms with van der Waals surface area (Å²) in [5.41, 5.74) is 3.13. The van der Waals surface area contributed by atoms with Gasteiger partial charge in [-0.25, -0.2) is 0 Å². The van der Waals surface area contributed by atoms with Gasteiger partial charge in [0.05, 0.1) is 0 Å². The van der Waals surface area contributed by atoms with E-state index >= 15 is 0 Å². The van der Waals surface area contributed by atoms with Gasteiger partial charge in [0.25, 0.3) is 0 Å². The molecule has 0 saturated heterocycles. The fraction of sp³-hybridized carbons (Fsp3) is 0.400. The predicted octanol–water partition coefficient (Wildman–Crippen LogP) is 2.45. The zero-order valence-corrected chi connectivity index (χ0v) is 13.0. The molecule has 12 heavy (non-hydrogen) atoms. The van der Waals surface area contributed by atoms with Crippen LogP contribution in [0, 0.1) is 0 Å². The number of benzene rings is 1. The van der Waals surface area contributed by atoms with Gasteiger partial charge in [-0.3, -0.25) is 0 Å². The zero-order chi connectivity index (χ0) is 8.97. The van der Waals surface area contributed by atoms with Crippen molar-refractivity contribution in [3.63, 3.8) is 0 Å². The van der Waals surface area contributed by atoms with Gasteiger partial charge >= 0.3 is 92.9 Å². The molecule has 0 aliphatic carbocycles. The molecule has 0 aliphatic heterocycles. The first kappa shape index (κ1) is 10.7. The van der Waals surface area contributed by atoms with Crippen molar-refractivity contribution in [2.24, 2.45) is 0 Å². The third-order valence-corrected chi connectivity index (χ3v) is 8.80. The van der Waals surface area contributed by atoms with Gasteiger partial charge in [-0.2, -0.15) is 0 Å². The minimum absolute atomic E-state index is 0.641. The minimum atomic E-state index is -0.641. The molecule has 0 spiro atoms. The van der Waals surface area contributed by atoms with Crippen LogP contribution in [0.15, 0.2) is 18.2 Å². The molecular weight excluding hydrogens is 407 g/mol. The Bertz CT molecular complexity index is 236. The topological polar surface area (TPSA) is 0 Å². The second-order valence-electron chi connectivity index (χ2n) is 2.75. The van der Waals surface area contributed by atoms with E-state index in [1.54, 1.807) is 14.2 Å². The summed E-state index contributed by atoms with van der Waals surface area (Å²) in [7, 11) is 0. The van der Waals surface area contributed by atoms with E-state index in [0.29, 0.717) is 0 Å². The van der Waals surface area contributed by atoms with E-state index in [2.05, 4.69) is 44.0 Å². The average Bonchev–Trinajstić information content (AvgIpc) is 2.16. The van der Waals surface area contributed by atoms with E-state index in [4.69, 9.17) is 0 Å². The van der Waals surface area contributed by atoms with Crippen LogP contribution in [0.3, 0.4) is 0 Å². The van der Waals surface area contributed by atoms with E-state index in [9.17, 15) is 0 Å². The second kappa shape index (κ2) is 5.37. The molecule has 0 heterocycles. The zero-order valence-electron chi connectivity index (χ0n) is 7.52. The maximum atomic E-state index is 3.74. The maximum absolute atomic E-state index is 3.74. The molecule has 0 unspecified atom stereocenters. The first-order valence-corrected chi connectivity index (χ1v) is 14.7. The number of hydrogen-bond donors (Lipinski definition) is 0. The summed E-state index contributed by atoms with van der Waals surface area (Å²) in [6, 6.07) is 6.72. The molecule has 0 bridgehead atoms.